The molecule has 12 rings (SSSR count). The van der Waals surface area contributed by atoms with Crippen molar-refractivity contribution in [1.82, 2.24) is 4.57 Å². The van der Waals surface area contributed by atoms with E-state index >= 15 is 0 Å². The first kappa shape index (κ1) is 50.0. The molecule has 0 fully saturated rings. The summed E-state index contributed by atoms with van der Waals surface area (Å²) in [7, 11) is 2.21. The molecule has 76 heavy (non-hydrogen) atoms. The van der Waals surface area contributed by atoms with E-state index in [9.17, 15) is 0 Å². The third-order valence-corrected chi connectivity index (χ3v) is 18.0. The minimum atomic E-state index is -0.0553. The van der Waals surface area contributed by atoms with E-state index < -0.39 is 0 Å². The van der Waals surface area contributed by atoms with Gasteiger partial charge in [-0.15, -0.1) is 11.3 Å². The Hall–Kier alpha value is -6.82. The summed E-state index contributed by atoms with van der Waals surface area (Å²) in [5.41, 5.74) is 24.1. The van der Waals surface area contributed by atoms with Crippen LogP contribution in [0.15, 0.2) is 158 Å². The molecule has 2 aliphatic rings. The Morgan fingerprint density at radius 3 is 1.58 bits per heavy atom. The van der Waals surface area contributed by atoms with Crippen LogP contribution in [0, 0.1) is 0 Å². The van der Waals surface area contributed by atoms with Crippen LogP contribution in [-0.2, 0) is 34.1 Å². The largest absolute Gasteiger partial charge is 0.344 e. The number of nitrogens with zero attached hydrogens (tertiary/aromatic N) is 3. The molecule has 0 aliphatic carbocycles. The molecule has 4 heterocycles. The number of hydrogen-bond acceptors (Lipinski definition) is 3. The molecule has 0 bridgehead atoms. The van der Waals surface area contributed by atoms with Crippen molar-refractivity contribution in [3.8, 4) is 22.3 Å². The van der Waals surface area contributed by atoms with E-state index in [1.807, 2.05) is 11.3 Å². The van der Waals surface area contributed by atoms with Crippen LogP contribution in [-0.4, -0.2) is 11.3 Å². The molecule has 0 unspecified atom stereocenters. The van der Waals surface area contributed by atoms with Gasteiger partial charge in [0, 0.05) is 72.0 Å². The van der Waals surface area contributed by atoms with Gasteiger partial charge in [0.2, 0.25) is 0 Å². The predicted octanol–water partition coefficient (Wildman–Crippen LogP) is 18.5. The van der Waals surface area contributed by atoms with Gasteiger partial charge < -0.3 is 14.4 Å². The number of benzene rings is 8. The fourth-order valence-corrected chi connectivity index (χ4v) is 13.4. The van der Waals surface area contributed by atoms with Crippen LogP contribution < -0.4 is 25.5 Å². The van der Waals surface area contributed by atoms with Crippen LogP contribution in [0.2, 0.25) is 0 Å². The van der Waals surface area contributed by atoms with Crippen molar-refractivity contribution in [2.45, 2.75) is 131 Å². The maximum atomic E-state index is 2.63. The van der Waals surface area contributed by atoms with Gasteiger partial charge in [-0.25, -0.2) is 0 Å². The third-order valence-electron chi connectivity index (χ3n) is 16.8. The van der Waals surface area contributed by atoms with Gasteiger partial charge in [-0.3, -0.25) is 0 Å². The maximum absolute atomic E-state index is 2.63. The zero-order chi connectivity index (χ0) is 53.8. The van der Waals surface area contributed by atoms with E-state index in [0.717, 1.165) is 0 Å². The molecule has 2 aromatic heterocycles. The van der Waals surface area contributed by atoms with Crippen molar-refractivity contribution < 1.29 is 0 Å². The van der Waals surface area contributed by atoms with Crippen molar-refractivity contribution >= 4 is 99.8 Å². The fourth-order valence-electron chi connectivity index (χ4n) is 12.1. The summed E-state index contributed by atoms with van der Waals surface area (Å²) >= 11 is 1.98. The molecular weight excluding hydrogens is 938 g/mol. The molecule has 3 nitrogen and oxygen atoms in total. The van der Waals surface area contributed by atoms with E-state index in [4.69, 9.17) is 0 Å². The van der Waals surface area contributed by atoms with Crippen molar-refractivity contribution in [1.29, 1.82) is 0 Å². The number of anilines is 6. The first-order valence-electron chi connectivity index (χ1n) is 27.6. The number of hydrogen-bond donors (Lipinski definition) is 0. The van der Waals surface area contributed by atoms with Gasteiger partial charge in [0.1, 0.15) is 0 Å². The van der Waals surface area contributed by atoms with Crippen LogP contribution >= 0.6 is 11.3 Å². The van der Waals surface area contributed by atoms with Crippen LogP contribution in [0.4, 0.5) is 34.1 Å². The first-order chi connectivity index (χ1) is 35.8. The molecule has 2 aliphatic heterocycles. The van der Waals surface area contributed by atoms with Gasteiger partial charge in [0.05, 0.1) is 11.4 Å². The second kappa shape index (κ2) is 17.1. The predicted molar refractivity (Wildman–Crippen MR) is 334 cm³/mol. The summed E-state index contributed by atoms with van der Waals surface area (Å²) in [6.45, 7) is 35.1. The lowest BCUT2D eigenvalue weighted by Gasteiger charge is -2.44. The lowest BCUT2D eigenvalue weighted by Crippen LogP contribution is -2.60. The zero-order valence-electron chi connectivity index (χ0n) is 47.8. The lowest BCUT2D eigenvalue weighted by atomic mass is 9.36. The summed E-state index contributed by atoms with van der Waals surface area (Å²) in [6.07, 6.45) is 0. The Kier molecular flexibility index (Phi) is 11.3. The Morgan fingerprint density at radius 2 is 0.934 bits per heavy atom. The average Bonchev–Trinajstić information content (AvgIpc) is 3.93. The Balaban J connectivity index is 1.12. The Labute approximate surface area is 457 Å². The number of aryl methyl sites for hydroxylation is 1. The van der Waals surface area contributed by atoms with Crippen molar-refractivity contribution in [3.63, 3.8) is 0 Å². The maximum Gasteiger partial charge on any atom is 0.264 e. The topological polar surface area (TPSA) is 11.4 Å². The number of aromatic nitrogens is 1. The highest BCUT2D eigenvalue weighted by Gasteiger charge is 2.46. The molecule has 0 radical (unpaired) electrons. The molecule has 0 saturated carbocycles. The number of thiophene rings is 1. The molecule has 0 spiro atoms. The van der Waals surface area contributed by atoms with Gasteiger partial charge in [0.15, 0.2) is 0 Å². The molecule has 0 amide bonds. The van der Waals surface area contributed by atoms with Gasteiger partial charge in [-0.1, -0.05) is 195 Å². The summed E-state index contributed by atoms with van der Waals surface area (Å²) in [5, 5.41) is 3.89. The number of fused-ring (bicyclic) bond motifs is 9. The lowest BCUT2D eigenvalue weighted by molar-refractivity contribution is 0.569. The van der Waals surface area contributed by atoms with Crippen molar-refractivity contribution in [3.05, 3.63) is 186 Å². The normalized spacial score (nSPS) is 14.0. The van der Waals surface area contributed by atoms with Crippen molar-refractivity contribution in [2.24, 2.45) is 7.05 Å². The highest BCUT2D eigenvalue weighted by Crippen LogP contribution is 2.51. The minimum Gasteiger partial charge on any atom is -0.344 e. The fraction of sp³-hybridized carbons (Fsp3) is 0.296. The zero-order valence-corrected chi connectivity index (χ0v) is 48.7. The molecule has 8 aromatic carbocycles. The number of para-hydroxylation sites is 1. The molecule has 0 atom stereocenters. The van der Waals surface area contributed by atoms with Crippen LogP contribution in [0.25, 0.3) is 54.1 Å². The quantitative estimate of drug-likeness (QED) is 0.163. The smallest absolute Gasteiger partial charge is 0.264 e. The van der Waals surface area contributed by atoms with Crippen LogP contribution in [0.5, 0.6) is 0 Å². The van der Waals surface area contributed by atoms with Gasteiger partial charge in [-0.2, -0.15) is 0 Å². The standard InChI is InChI=1S/C71H74BN3S/c1-67(2,3)46-27-33-58(54(40-46)44-26-32-53-52-20-17-18-21-57(52)73(16)62(53)38-44)75-59-34-28-48(69(7,8)9)42-56(59)72-64-60(22-19-23-61(64)75)74(65-55-41-47(68(4,5)6)29-35-63(55)76-66(65)72)51-30-24-43(25-31-51)45-36-49(70(10,11)12)39-50(37-45)71(13,14)15/h17-42H,1-16H3. The molecule has 10 aromatic rings. The molecule has 0 saturated heterocycles. The molecule has 382 valence electrons. The van der Waals surface area contributed by atoms with E-state index in [0.29, 0.717) is 0 Å². The average molecular weight is 1010 g/mol. The van der Waals surface area contributed by atoms with Crippen LogP contribution in [0.1, 0.15) is 132 Å². The SMILES string of the molecule is Cn1c2ccccc2c2ccc(-c3cc(C(C)(C)C)ccc3N3c4ccc(C(C)(C)C)cc4B4c5sc6ccc(C(C)(C)C)cc6c5N(c5ccc(-c6cc(C(C)(C)C)cc(C(C)(C)C)c6)cc5)c5cccc3c54)cc21. The van der Waals surface area contributed by atoms with E-state index in [-0.39, 0.29) is 33.8 Å². The van der Waals surface area contributed by atoms with Crippen molar-refractivity contribution in [2.75, 3.05) is 9.80 Å². The van der Waals surface area contributed by atoms with Gasteiger partial charge >= 0.3 is 0 Å². The second-order valence-electron chi connectivity index (χ2n) is 27.2. The highest BCUT2D eigenvalue weighted by atomic mass is 32.1. The first-order valence-corrected chi connectivity index (χ1v) is 28.4. The highest BCUT2D eigenvalue weighted by molar-refractivity contribution is 7.33. The molecular formula is C71H74BN3S. The minimum absolute atomic E-state index is 0.0131. The molecule has 5 heteroatoms. The summed E-state index contributed by atoms with van der Waals surface area (Å²) in [5.74, 6) is 0. The number of rotatable bonds is 4. The molecule has 0 N–H and O–H groups in total. The van der Waals surface area contributed by atoms with E-state index in [1.165, 1.54) is 132 Å². The van der Waals surface area contributed by atoms with E-state index in [2.05, 4.69) is 283 Å². The Bertz CT molecular complexity index is 3950. The van der Waals surface area contributed by atoms with Crippen LogP contribution in [0.3, 0.4) is 0 Å². The third kappa shape index (κ3) is 8.14. The summed E-state index contributed by atoms with van der Waals surface area (Å²) in [6, 6.07) is 61.8. The van der Waals surface area contributed by atoms with Gasteiger partial charge in [0.25, 0.3) is 6.71 Å². The monoisotopic (exact) mass is 1010 g/mol. The summed E-state index contributed by atoms with van der Waals surface area (Å²) in [4.78, 5) is 5.25. The summed E-state index contributed by atoms with van der Waals surface area (Å²) < 4.78 is 5.08. The van der Waals surface area contributed by atoms with E-state index in [1.54, 1.807) is 0 Å². The Morgan fingerprint density at radius 1 is 0.382 bits per heavy atom. The van der Waals surface area contributed by atoms with Gasteiger partial charge in [-0.05, 0) is 149 Å². The second-order valence-corrected chi connectivity index (χ2v) is 28.3.